The highest BCUT2D eigenvalue weighted by Crippen LogP contribution is 2.65. The molecule has 2 saturated heterocycles. The second-order valence-corrected chi connectivity index (χ2v) is 7.50. The van der Waals surface area contributed by atoms with Crippen LogP contribution in [0.1, 0.15) is 52.9 Å². The molecule has 0 unspecified atom stereocenters. The monoisotopic (exact) mass is 268 g/mol. The molecule has 2 aliphatic heterocycles. The Kier molecular flexibility index (Phi) is 2.53. The quantitative estimate of drug-likeness (QED) is 0.799. The zero-order chi connectivity index (χ0) is 13.9. The fraction of sp³-hybridized carbons (Fsp3) is 0.929. The molecular weight excluding hydrogens is 244 g/mol. The molecule has 4 fully saturated rings. The van der Waals surface area contributed by atoms with Crippen molar-refractivity contribution in [2.75, 3.05) is 6.54 Å². The molecule has 0 radical (unpaired) electrons. The Morgan fingerprint density at radius 2 is 2.00 bits per heavy atom. The van der Waals surface area contributed by atoms with E-state index in [1.54, 1.807) is 0 Å². The Bertz CT molecular complexity index is 403. The summed E-state index contributed by atoms with van der Waals surface area (Å²) in [5.74, 6) is 0. The number of hydrogen-bond acceptors (Lipinski definition) is 4. The minimum Gasteiger partial charge on any atom is -0.444 e. The lowest BCUT2D eigenvalue weighted by Gasteiger charge is -2.48. The van der Waals surface area contributed by atoms with Gasteiger partial charge in [0.05, 0.1) is 23.3 Å². The number of alkyl carbamates (subject to hydrolysis) is 1. The van der Waals surface area contributed by atoms with Gasteiger partial charge in [0.2, 0.25) is 0 Å². The summed E-state index contributed by atoms with van der Waals surface area (Å²) >= 11 is 0. The number of hydrogen-bond donors (Lipinski definition) is 2. The zero-order valence-electron chi connectivity index (χ0n) is 12.0. The van der Waals surface area contributed by atoms with Crippen LogP contribution in [-0.4, -0.2) is 35.0 Å². The Balaban J connectivity index is 1.54. The Morgan fingerprint density at radius 3 is 2.42 bits per heavy atom. The van der Waals surface area contributed by atoms with Crippen LogP contribution in [0.15, 0.2) is 0 Å². The maximum atomic E-state index is 11.7. The molecule has 4 rings (SSSR count). The van der Waals surface area contributed by atoms with Crippen LogP contribution in [0.3, 0.4) is 0 Å². The lowest BCUT2D eigenvalue weighted by molar-refractivity contribution is -0.107. The van der Waals surface area contributed by atoms with E-state index in [0.29, 0.717) is 6.54 Å². The average molecular weight is 268 g/mol. The van der Waals surface area contributed by atoms with Gasteiger partial charge in [0, 0.05) is 0 Å². The predicted molar refractivity (Wildman–Crippen MR) is 70.8 cm³/mol. The highest BCUT2D eigenvalue weighted by atomic mass is 16.6. The Hall–Kier alpha value is -0.810. The fourth-order valence-electron chi connectivity index (χ4n) is 3.81. The summed E-state index contributed by atoms with van der Waals surface area (Å²) in [4.78, 5) is 11.7. The largest absolute Gasteiger partial charge is 0.444 e. The van der Waals surface area contributed by atoms with E-state index in [-0.39, 0.29) is 22.8 Å². The molecule has 2 saturated carbocycles. The molecule has 4 aliphatic rings. The van der Waals surface area contributed by atoms with Gasteiger partial charge in [0.25, 0.3) is 0 Å². The normalized spacial score (nSPS) is 38.5. The van der Waals surface area contributed by atoms with Crippen molar-refractivity contribution in [3.05, 3.63) is 0 Å². The van der Waals surface area contributed by atoms with Crippen LogP contribution in [0.5, 0.6) is 0 Å². The van der Waals surface area contributed by atoms with Crippen molar-refractivity contribution in [2.45, 2.75) is 75.2 Å². The zero-order valence-corrected chi connectivity index (χ0v) is 12.0. The molecule has 108 valence electrons. The third kappa shape index (κ3) is 1.94. The van der Waals surface area contributed by atoms with Crippen LogP contribution >= 0.6 is 0 Å². The topological polar surface area (TPSA) is 73.6 Å². The molecular formula is C14H24N2O3. The minimum atomic E-state index is -0.468. The highest BCUT2D eigenvalue weighted by molar-refractivity contribution is 5.67. The van der Waals surface area contributed by atoms with E-state index in [4.69, 9.17) is 15.2 Å². The number of nitrogens with two attached hydrogens (primary N) is 1. The van der Waals surface area contributed by atoms with E-state index in [9.17, 15) is 4.79 Å². The lowest BCUT2D eigenvalue weighted by atomic mass is 9.57. The SMILES string of the molecule is CC(C)(C)OC(=O)NCC12CC(N)(C1)C1(CCC1)O2. The van der Waals surface area contributed by atoms with E-state index in [0.717, 1.165) is 25.7 Å². The molecule has 5 heteroatoms. The molecule has 3 N–H and O–H groups in total. The smallest absolute Gasteiger partial charge is 0.407 e. The van der Waals surface area contributed by atoms with Crippen molar-refractivity contribution in [2.24, 2.45) is 5.73 Å². The Morgan fingerprint density at radius 1 is 1.37 bits per heavy atom. The van der Waals surface area contributed by atoms with Crippen molar-refractivity contribution in [3.63, 3.8) is 0 Å². The van der Waals surface area contributed by atoms with Crippen molar-refractivity contribution in [1.82, 2.24) is 5.32 Å². The van der Waals surface area contributed by atoms with E-state index in [2.05, 4.69) is 5.32 Å². The van der Waals surface area contributed by atoms with Crippen LogP contribution in [0.2, 0.25) is 0 Å². The van der Waals surface area contributed by atoms with Crippen LogP contribution in [0.25, 0.3) is 0 Å². The van der Waals surface area contributed by atoms with Gasteiger partial charge in [0.15, 0.2) is 0 Å². The number of rotatable bonds is 2. The first-order valence-electron chi connectivity index (χ1n) is 7.14. The number of amides is 1. The molecule has 5 nitrogen and oxygen atoms in total. The summed E-state index contributed by atoms with van der Waals surface area (Å²) in [5, 5.41) is 2.82. The summed E-state index contributed by atoms with van der Waals surface area (Å²) < 4.78 is 11.5. The van der Waals surface area contributed by atoms with Crippen LogP contribution in [0.4, 0.5) is 4.79 Å². The van der Waals surface area contributed by atoms with Gasteiger partial charge in [-0.3, -0.25) is 0 Å². The van der Waals surface area contributed by atoms with Crippen molar-refractivity contribution < 1.29 is 14.3 Å². The maximum Gasteiger partial charge on any atom is 0.407 e. The third-order valence-corrected chi connectivity index (χ3v) is 4.71. The first-order valence-corrected chi connectivity index (χ1v) is 7.14. The van der Waals surface area contributed by atoms with Crippen molar-refractivity contribution in [3.8, 4) is 0 Å². The second-order valence-electron chi connectivity index (χ2n) is 7.50. The highest BCUT2D eigenvalue weighted by Gasteiger charge is 2.74. The Labute approximate surface area is 114 Å². The number of carbonyl (C=O) groups excluding carboxylic acids is 1. The number of carbonyl (C=O) groups is 1. The molecule has 1 spiro atoms. The van der Waals surface area contributed by atoms with Crippen LogP contribution < -0.4 is 11.1 Å². The van der Waals surface area contributed by atoms with Crippen LogP contribution in [-0.2, 0) is 9.47 Å². The summed E-state index contributed by atoms with van der Waals surface area (Å²) in [7, 11) is 0. The van der Waals surface area contributed by atoms with E-state index in [1.165, 1.54) is 6.42 Å². The van der Waals surface area contributed by atoms with Gasteiger partial charge in [-0.05, 0) is 52.9 Å². The van der Waals surface area contributed by atoms with Gasteiger partial charge in [-0.15, -0.1) is 0 Å². The number of nitrogens with one attached hydrogen (secondary N) is 1. The van der Waals surface area contributed by atoms with Gasteiger partial charge >= 0.3 is 6.09 Å². The van der Waals surface area contributed by atoms with Crippen molar-refractivity contribution >= 4 is 6.09 Å². The average Bonchev–Trinajstić information content (AvgIpc) is 2.55. The summed E-state index contributed by atoms with van der Waals surface area (Å²) in [6.45, 7) is 6.07. The lowest BCUT2D eigenvalue weighted by Crippen LogP contribution is -2.65. The third-order valence-electron chi connectivity index (χ3n) is 4.71. The fourth-order valence-corrected chi connectivity index (χ4v) is 3.81. The first-order chi connectivity index (χ1) is 8.68. The molecule has 2 aliphatic carbocycles. The molecule has 19 heavy (non-hydrogen) atoms. The van der Waals surface area contributed by atoms with E-state index >= 15 is 0 Å². The maximum absolute atomic E-state index is 11.7. The van der Waals surface area contributed by atoms with Crippen LogP contribution in [0, 0.1) is 0 Å². The molecule has 0 atom stereocenters. The van der Waals surface area contributed by atoms with Gasteiger partial charge in [0.1, 0.15) is 5.60 Å². The molecule has 0 aromatic heterocycles. The van der Waals surface area contributed by atoms with Crippen molar-refractivity contribution in [1.29, 1.82) is 0 Å². The summed E-state index contributed by atoms with van der Waals surface area (Å²) in [5.41, 5.74) is 5.45. The molecule has 2 heterocycles. The summed E-state index contributed by atoms with van der Waals surface area (Å²) in [6, 6.07) is 0. The van der Waals surface area contributed by atoms with E-state index < -0.39 is 5.60 Å². The molecule has 0 aromatic rings. The predicted octanol–water partition coefficient (Wildman–Crippen LogP) is 1.69. The van der Waals surface area contributed by atoms with E-state index in [1.807, 2.05) is 20.8 Å². The standard InChI is InChI=1S/C14H24N2O3/c1-11(2,3)18-10(17)16-9-12-7-13(15,8-12)14(19-12)5-4-6-14/h4-9,15H2,1-3H3,(H,16,17). The van der Waals surface area contributed by atoms with Gasteiger partial charge < -0.3 is 20.5 Å². The first kappa shape index (κ1) is 13.2. The number of ether oxygens (including phenoxy) is 2. The molecule has 2 bridgehead atoms. The molecule has 0 aromatic carbocycles. The minimum absolute atomic E-state index is 0.0946. The van der Waals surface area contributed by atoms with Gasteiger partial charge in [-0.25, -0.2) is 4.79 Å². The van der Waals surface area contributed by atoms with Gasteiger partial charge in [-0.2, -0.15) is 0 Å². The van der Waals surface area contributed by atoms with Gasteiger partial charge in [-0.1, -0.05) is 0 Å². The second kappa shape index (κ2) is 3.64. The summed E-state index contributed by atoms with van der Waals surface area (Å²) in [6.07, 6.45) is 4.67. The molecule has 1 amide bonds.